The van der Waals surface area contributed by atoms with Crippen LogP contribution in [-0.4, -0.2) is 33.7 Å². The van der Waals surface area contributed by atoms with Crippen molar-refractivity contribution in [1.82, 2.24) is 0 Å². The fourth-order valence-electron chi connectivity index (χ4n) is 2.22. The van der Waals surface area contributed by atoms with E-state index in [1.165, 1.54) is 7.05 Å². The SMILES string of the molecule is CC[C@@H](Oc1cccc(Cl)c1)C(=O)Nc1cccc(N(C)S(C)(=O)=O)c1. The van der Waals surface area contributed by atoms with E-state index < -0.39 is 16.1 Å². The summed E-state index contributed by atoms with van der Waals surface area (Å²) in [5.41, 5.74) is 0.935. The van der Waals surface area contributed by atoms with Gasteiger partial charge in [0.05, 0.1) is 11.9 Å². The molecule has 2 aromatic carbocycles. The van der Waals surface area contributed by atoms with Crippen molar-refractivity contribution in [3.63, 3.8) is 0 Å². The van der Waals surface area contributed by atoms with Crippen molar-refractivity contribution < 1.29 is 17.9 Å². The molecular formula is C18H21ClN2O4S. The first-order valence-corrected chi connectivity index (χ1v) is 10.2. The van der Waals surface area contributed by atoms with E-state index in [0.717, 1.165) is 10.6 Å². The maximum Gasteiger partial charge on any atom is 0.265 e. The molecule has 2 aromatic rings. The highest BCUT2D eigenvalue weighted by Crippen LogP contribution is 2.22. The number of halogens is 1. The van der Waals surface area contributed by atoms with Gasteiger partial charge in [-0.05, 0) is 42.8 Å². The van der Waals surface area contributed by atoms with E-state index >= 15 is 0 Å². The predicted octanol–water partition coefficient (Wildman–Crippen LogP) is 3.53. The van der Waals surface area contributed by atoms with Crippen molar-refractivity contribution in [2.45, 2.75) is 19.4 Å². The third-order valence-electron chi connectivity index (χ3n) is 3.71. The summed E-state index contributed by atoms with van der Waals surface area (Å²) in [4.78, 5) is 12.5. The van der Waals surface area contributed by atoms with Crippen molar-refractivity contribution in [3.8, 4) is 5.75 Å². The molecule has 0 saturated heterocycles. The Morgan fingerprint density at radius 3 is 2.54 bits per heavy atom. The lowest BCUT2D eigenvalue weighted by Gasteiger charge is -2.19. The summed E-state index contributed by atoms with van der Waals surface area (Å²) in [6.07, 6.45) is 0.871. The van der Waals surface area contributed by atoms with Crippen LogP contribution in [0.3, 0.4) is 0 Å². The van der Waals surface area contributed by atoms with Gasteiger partial charge >= 0.3 is 0 Å². The molecule has 0 unspecified atom stereocenters. The Labute approximate surface area is 158 Å². The van der Waals surface area contributed by atoms with E-state index in [0.29, 0.717) is 28.6 Å². The van der Waals surface area contributed by atoms with E-state index in [1.807, 2.05) is 6.92 Å². The lowest BCUT2D eigenvalue weighted by atomic mass is 10.2. The smallest absolute Gasteiger partial charge is 0.265 e. The van der Waals surface area contributed by atoms with Gasteiger partial charge < -0.3 is 10.1 Å². The molecule has 0 aliphatic rings. The highest BCUT2D eigenvalue weighted by Gasteiger charge is 2.19. The second-order valence-electron chi connectivity index (χ2n) is 5.74. The van der Waals surface area contributed by atoms with E-state index in [4.69, 9.17) is 16.3 Å². The summed E-state index contributed by atoms with van der Waals surface area (Å²) >= 11 is 5.93. The molecule has 2 rings (SSSR count). The van der Waals surface area contributed by atoms with Crippen LogP contribution in [0.15, 0.2) is 48.5 Å². The molecule has 8 heteroatoms. The van der Waals surface area contributed by atoms with Crippen molar-refractivity contribution in [1.29, 1.82) is 0 Å². The number of anilines is 2. The van der Waals surface area contributed by atoms with Gasteiger partial charge in [0.1, 0.15) is 5.75 Å². The van der Waals surface area contributed by atoms with Gasteiger partial charge in [-0.1, -0.05) is 30.7 Å². The quantitative estimate of drug-likeness (QED) is 0.776. The maximum absolute atomic E-state index is 12.5. The average Bonchev–Trinajstić information content (AvgIpc) is 2.58. The summed E-state index contributed by atoms with van der Waals surface area (Å²) in [6, 6.07) is 13.4. The molecule has 0 aromatic heterocycles. The van der Waals surface area contributed by atoms with Crippen LogP contribution < -0.4 is 14.4 Å². The number of rotatable bonds is 7. The van der Waals surface area contributed by atoms with Crippen LogP contribution in [0.25, 0.3) is 0 Å². The monoisotopic (exact) mass is 396 g/mol. The topological polar surface area (TPSA) is 75.7 Å². The minimum atomic E-state index is -3.38. The number of carbonyl (C=O) groups excluding carboxylic acids is 1. The van der Waals surface area contributed by atoms with Gasteiger partial charge in [0, 0.05) is 17.8 Å². The number of hydrogen-bond donors (Lipinski definition) is 1. The third kappa shape index (κ3) is 5.37. The minimum absolute atomic E-state index is 0.327. The summed E-state index contributed by atoms with van der Waals surface area (Å²) in [5, 5.41) is 3.28. The lowest BCUT2D eigenvalue weighted by Crippen LogP contribution is -2.32. The van der Waals surface area contributed by atoms with E-state index in [2.05, 4.69) is 5.32 Å². The third-order valence-corrected chi connectivity index (χ3v) is 5.15. The Bertz CT molecular complexity index is 886. The Balaban J connectivity index is 2.12. The van der Waals surface area contributed by atoms with E-state index in [9.17, 15) is 13.2 Å². The van der Waals surface area contributed by atoms with Gasteiger partial charge in [-0.2, -0.15) is 0 Å². The number of benzene rings is 2. The van der Waals surface area contributed by atoms with Gasteiger partial charge in [0.25, 0.3) is 5.91 Å². The number of hydrogen-bond acceptors (Lipinski definition) is 4. The van der Waals surface area contributed by atoms with Gasteiger partial charge in [-0.25, -0.2) is 8.42 Å². The van der Waals surface area contributed by atoms with Crippen LogP contribution in [0, 0.1) is 0 Å². The number of ether oxygens (including phenoxy) is 1. The number of nitrogens with zero attached hydrogens (tertiary/aromatic N) is 1. The Morgan fingerprint density at radius 1 is 1.23 bits per heavy atom. The molecule has 0 bridgehead atoms. The molecule has 0 heterocycles. The fourth-order valence-corrected chi connectivity index (χ4v) is 2.90. The maximum atomic E-state index is 12.5. The Hall–Kier alpha value is -2.25. The summed E-state index contributed by atoms with van der Waals surface area (Å²) in [5.74, 6) is 0.177. The van der Waals surface area contributed by atoms with E-state index in [1.54, 1.807) is 48.5 Å². The second kappa shape index (κ2) is 8.42. The molecular weight excluding hydrogens is 376 g/mol. The highest BCUT2D eigenvalue weighted by atomic mass is 35.5. The highest BCUT2D eigenvalue weighted by molar-refractivity contribution is 7.92. The van der Waals surface area contributed by atoms with Crippen LogP contribution in [-0.2, 0) is 14.8 Å². The zero-order valence-corrected chi connectivity index (χ0v) is 16.3. The lowest BCUT2D eigenvalue weighted by molar-refractivity contribution is -0.122. The molecule has 0 radical (unpaired) electrons. The molecule has 0 spiro atoms. The number of carbonyl (C=O) groups is 1. The molecule has 26 heavy (non-hydrogen) atoms. The van der Waals surface area contributed by atoms with Crippen molar-refractivity contribution in [2.24, 2.45) is 0 Å². The number of nitrogens with one attached hydrogen (secondary N) is 1. The van der Waals surface area contributed by atoms with Crippen LogP contribution in [0.4, 0.5) is 11.4 Å². The molecule has 0 aliphatic heterocycles. The molecule has 1 N–H and O–H groups in total. The molecule has 1 amide bonds. The van der Waals surface area contributed by atoms with Gasteiger partial charge in [0.15, 0.2) is 6.10 Å². The zero-order chi connectivity index (χ0) is 19.3. The van der Waals surface area contributed by atoms with E-state index in [-0.39, 0.29) is 5.91 Å². The minimum Gasteiger partial charge on any atom is -0.481 e. The molecule has 0 aliphatic carbocycles. The first-order chi connectivity index (χ1) is 12.2. The van der Waals surface area contributed by atoms with Gasteiger partial charge in [0.2, 0.25) is 10.0 Å². The van der Waals surface area contributed by atoms with Crippen LogP contribution in [0.1, 0.15) is 13.3 Å². The number of sulfonamides is 1. The predicted molar refractivity (Wildman–Crippen MR) is 104 cm³/mol. The standard InChI is InChI=1S/C18H21ClN2O4S/c1-4-17(25-16-10-5-7-13(19)11-16)18(22)20-14-8-6-9-15(12-14)21(2)26(3,23)24/h5-12,17H,4H2,1-3H3,(H,20,22)/t17-/m1/s1. The molecule has 140 valence electrons. The first kappa shape index (κ1) is 20.1. The van der Waals surface area contributed by atoms with Crippen molar-refractivity contribution in [2.75, 3.05) is 22.9 Å². The van der Waals surface area contributed by atoms with Crippen LogP contribution >= 0.6 is 11.6 Å². The fraction of sp³-hybridized carbons (Fsp3) is 0.278. The van der Waals surface area contributed by atoms with Gasteiger partial charge in [-0.3, -0.25) is 9.10 Å². The second-order valence-corrected chi connectivity index (χ2v) is 8.19. The molecule has 6 nitrogen and oxygen atoms in total. The summed E-state index contributed by atoms with van der Waals surface area (Å²) in [6.45, 7) is 1.84. The summed E-state index contributed by atoms with van der Waals surface area (Å²) < 4.78 is 30.2. The summed E-state index contributed by atoms with van der Waals surface area (Å²) in [7, 11) is -1.93. The van der Waals surface area contributed by atoms with Crippen LogP contribution in [0.5, 0.6) is 5.75 Å². The molecule has 0 saturated carbocycles. The normalized spacial score (nSPS) is 12.3. The number of amides is 1. The zero-order valence-electron chi connectivity index (χ0n) is 14.8. The average molecular weight is 397 g/mol. The van der Waals surface area contributed by atoms with Crippen LogP contribution in [0.2, 0.25) is 5.02 Å². The van der Waals surface area contributed by atoms with Crippen molar-refractivity contribution >= 4 is 38.9 Å². The Kier molecular flexibility index (Phi) is 6.50. The Morgan fingerprint density at radius 2 is 1.92 bits per heavy atom. The molecule has 1 atom stereocenters. The largest absolute Gasteiger partial charge is 0.481 e. The molecule has 0 fully saturated rings. The first-order valence-electron chi connectivity index (χ1n) is 7.97. The van der Waals surface area contributed by atoms with Crippen molar-refractivity contribution in [3.05, 3.63) is 53.6 Å². The van der Waals surface area contributed by atoms with Gasteiger partial charge in [-0.15, -0.1) is 0 Å².